The molecule has 2 atom stereocenters. The Kier molecular flexibility index (Phi) is 8.24. The number of ether oxygens (including phenoxy) is 3. The first kappa shape index (κ1) is 17.1. The second-order valence-electron chi connectivity index (χ2n) is 4.47. The summed E-state index contributed by atoms with van der Waals surface area (Å²) in [6.45, 7) is 9.69. The van der Waals surface area contributed by atoms with Gasteiger partial charge in [0.2, 0.25) is 0 Å². The molecule has 0 aliphatic rings. The predicted octanol–water partition coefficient (Wildman–Crippen LogP) is 0.960. The van der Waals surface area contributed by atoms with E-state index in [0.717, 1.165) is 6.42 Å². The molecule has 0 fully saturated rings. The standard InChI is InChI=1S/C12H29NO3Si/c1-5-8-9-10-16-12(17,15-7-3)11(4,13)14-6-2/h5-10,13H2,1-4,17H3. The summed E-state index contributed by atoms with van der Waals surface area (Å²) in [6.07, 6.45) is 3.38. The molecule has 0 bridgehead atoms. The van der Waals surface area contributed by atoms with Crippen LogP contribution < -0.4 is 5.73 Å². The molecule has 17 heavy (non-hydrogen) atoms. The molecule has 0 aliphatic carbocycles. The molecule has 5 heteroatoms. The molecule has 2 unspecified atom stereocenters. The van der Waals surface area contributed by atoms with E-state index < -0.39 is 11.1 Å². The fourth-order valence-electron chi connectivity index (χ4n) is 1.65. The third-order valence-corrected chi connectivity index (χ3v) is 4.46. The van der Waals surface area contributed by atoms with E-state index in [9.17, 15) is 0 Å². The maximum atomic E-state index is 6.17. The average Bonchev–Trinajstić information content (AvgIpc) is 2.24. The Hall–Kier alpha value is 0.0569. The van der Waals surface area contributed by atoms with Crippen molar-refractivity contribution < 1.29 is 14.2 Å². The van der Waals surface area contributed by atoms with Gasteiger partial charge < -0.3 is 14.2 Å². The van der Waals surface area contributed by atoms with Crippen LogP contribution in [0.4, 0.5) is 0 Å². The molecule has 0 aromatic carbocycles. The van der Waals surface area contributed by atoms with Gasteiger partial charge in [-0.1, -0.05) is 19.8 Å². The number of hydrogen-bond acceptors (Lipinski definition) is 4. The van der Waals surface area contributed by atoms with Gasteiger partial charge in [-0.2, -0.15) is 0 Å². The second-order valence-corrected chi connectivity index (χ2v) is 5.79. The lowest BCUT2D eigenvalue weighted by Gasteiger charge is -2.42. The zero-order valence-electron chi connectivity index (χ0n) is 12.0. The number of hydrogen-bond donors (Lipinski definition) is 1. The highest BCUT2D eigenvalue weighted by Crippen LogP contribution is 2.24. The van der Waals surface area contributed by atoms with Crippen LogP contribution in [-0.4, -0.2) is 41.2 Å². The molecule has 0 saturated carbocycles. The first-order valence-corrected chi connectivity index (χ1v) is 7.64. The van der Waals surface area contributed by atoms with E-state index in [1.54, 1.807) is 0 Å². The van der Waals surface area contributed by atoms with Crippen LogP contribution in [0.5, 0.6) is 0 Å². The van der Waals surface area contributed by atoms with Crippen molar-refractivity contribution in [3.05, 3.63) is 0 Å². The summed E-state index contributed by atoms with van der Waals surface area (Å²) >= 11 is 0. The predicted molar refractivity (Wildman–Crippen MR) is 74.0 cm³/mol. The summed E-state index contributed by atoms with van der Waals surface area (Å²) in [4.78, 5) is 0. The molecular formula is C12H29NO3Si. The van der Waals surface area contributed by atoms with E-state index >= 15 is 0 Å². The first-order valence-electron chi connectivity index (χ1n) is 6.64. The van der Waals surface area contributed by atoms with Crippen molar-refractivity contribution in [3.63, 3.8) is 0 Å². The molecule has 0 rings (SSSR count). The van der Waals surface area contributed by atoms with E-state index in [0.29, 0.717) is 30.1 Å². The van der Waals surface area contributed by atoms with Crippen molar-refractivity contribution in [2.24, 2.45) is 5.73 Å². The summed E-state index contributed by atoms with van der Waals surface area (Å²) in [5.74, 6) is 0. The van der Waals surface area contributed by atoms with Crippen LogP contribution in [0.3, 0.4) is 0 Å². The number of nitrogens with two attached hydrogens (primary N) is 1. The Bertz CT molecular complexity index is 202. The molecule has 0 aliphatic heterocycles. The third kappa shape index (κ3) is 5.48. The Morgan fingerprint density at radius 2 is 1.59 bits per heavy atom. The molecule has 0 amide bonds. The van der Waals surface area contributed by atoms with Gasteiger partial charge in [-0.3, -0.25) is 5.73 Å². The van der Waals surface area contributed by atoms with Gasteiger partial charge in [-0.15, -0.1) is 0 Å². The van der Waals surface area contributed by atoms with Gasteiger partial charge in [-0.05, 0) is 27.2 Å². The van der Waals surface area contributed by atoms with Gasteiger partial charge in [0.25, 0.3) is 0 Å². The van der Waals surface area contributed by atoms with Crippen molar-refractivity contribution in [2.45, 2.75) is 58.1 Å². The largest absolute Gasteiger partial charge is 0.356 e. The lowest BCUT2D eigenvalue weighted by molar-refractivity contribution is -0.275. The molecule has 104 valence electrons. The van der Waals surface area contributed by atoms with Crippen molar-refractivity contribution in [3.8, 4) is 0 Å². The zero-order chi connectivity index (χ0) is 13.4. The van der Waals surface area contributed by atoms with Crippen molar-refractivity contribution >= 4 is 10.2 Å². The molecular weight excluding hydrogens is 234 g/mol. The SMILES string of the molecule is CCCCCOC([SiH3])(OCC)C(C)(N)OCC. The van der Waals surface area contributed by atoms with Crippen molar-refractivity contribution in [1.82, 2.24) is 0 Å². The van der Waals surface area contributed by atoms with E-state index in [4.69, 9.17) is 19.9 Å². The van der Waals surface area contributed by atoms with Gasteiger partial charge in [0.05, 0.1) is 10.2 Å². The molecule has 0 saturated heterocycles. The number of unbranched alkanes of at least 4 members (excludes halogenated alkanes) is 2. The average molecular weight is 263 g/mol. The summed E-state index contributed by atoms with van der Waals surface area (Å²) < 4.78 is 17.2. The monoisotopic (exact) mass is 263 g/mol. The van der Waals surface area contributed by atoms with Crippen LogP contribution >= 0.6 is 0 Å². The van der Waals surface area contributed by atoms with Gasteiger partial charge in [-0.25, -0.2) is 0 Å². The Balaban J connectivity index is 4.42. The fraction of sp³-hybridized carbons (Fsp3) is 1.00. The van der Waals surface area contributed by atoms with Crippen LogP contribution in [0.15, 0.2) is 0 Å². The molecule has 0 aromatic rings. The lowest BCUT2D eigenvalue weighted by Crippen LogP contribution is -2.64. The highest BCUT2D eigenvalue weighted by Gasteiger charge is 2.44. The van der Waals surface area contributed by atoms with Gasteiger partial charge in [0.15, 0.2) is 11.1 Å². The van der Waals surface area contributed by atoms with Crippen LogP contribution in [-0.2, 0) is 14.2 Å². The highest BCUT2D eigenvalue weighted by atomic mass is 28.1. The van der Waals surface area contributed by atoms with Crippen LogP contribution in [0, 0.1) is 0 Å². The highest BCUT2D eigenvalue weighted by molar-refractivity contribution is 6.14. The van der Waals surface area contributed by atoms with E-state index in [2.05, 4.69) is 6.92 Å². The maximum Gasteiger partial charge on any atom is 0.181 e. The van der Waals surface area contributed by atoms with Crippen molar-refractivity contribution in [1.29, 1.82) is 0 Å². The molecule has 0 radical (unpaired) electrons. The minimum absolute atomic E-state index is 0.558. The summed E-state index contributed by atoms with van der Waals surface area (Å²) in [5.41, 5.74) is 4.53. The smallest absolute Gasteiger partial charge is 0.181 e. The topological polar surface area (TPSA) is 53.7 Å². The maximum absolute atomic E-state index is 6.17. The van der Waals surface area contributed by atoms with Crippen LogP contribution in [0.1, 0.15) is 47.0 Å². The Labute approximate surface area is 109 Å². The fourth-order valence-corrected chi connectivity index (χ4v) is 2.29. The summed E-state index contributed by atoms with van der Waals surface area (Å²) in [7, 11) is 0.675. The first-order chi connectivity index (χ1) is 7.93. The summed E-state index contributed by atoms with van der Waals surface area (Å²) in [6, 6.07) is 0. The van der Waals surface area contributed by atoms with E-state index in [1.165, 1.54) is 12.8 Å². The zero-order valence-corrected chi connectivity index (χ0v) is 14.0. The van der Waals surface area contributed by atoms with Gasteiger partial charge in [0, 0.05) is 19.8 Å². The quantitative estimate of drug-likeness (QED) is 0.362. The van der Waals surface area contributed by atoms with E-state index in [-0.39, 0.29) is 0 Å². The molecule has 4 nitrogen and oxygen atoms in total. The summed E-state index contributed by atoms with van der Waals surface area (Å²) in [5, 5.41) is 0. The van der Waals surface area contributed by atoms with Crippen LogP contribution in [0.2, 0.25) is 0 Å². The lowest BCUT2D eigenvalue weighted by atomic mass is 10.2. The number of rotatable bonds is 10. The minimum Gasteiger partial charge on any atom is -0.356 e. The van der Waals surface area contributed by atoms with Gasteiger partial charge >= 0.3 is 0 Å². The van der Waals surface area contributed by atoms with E-state index in [1.807, 2.05) is 20.8 Å². The van der Waals surface area contributed by atoms with Crippen LogP contribution in [0.25, 0.3) is 0 Å². The second kappa shape index (κ2) is 8.21. The van der Waals surface area contributed by atoms with Crippen molar-refractivity contribution in [2.75, 3.05) is 19.8 Å². The Morgan fingerprint density at radius 1 is 1.00 bits per heavy atom. The molecule has 0 aromatic heterocycles. The minimum atomic E-state index is -0.879. The molecule has 0 spiro atoms. The molecule has 0 heterocycles. The third-order valence-electron chi connectivity index (χ3n) is 2.89. The Morgan fingerprint density at radius 3 is 2.06 bits per heavy atom. The molecule has 2 N–H and O–H groups in total. The normalized spacial score (nSPS) is 18.9. The van der Waals surface area contributed by atoms with Gasteiger partial charge in [0.1, 0.15) is 0 Å².